The Hall–Kier alpha value is -1.60. The highest BCUT2D eigenvalue weighted by molar-refractivity contribution is 5.96. The van der Waals surface area contributed by atoms with Gasteiger partial charge in [-0.15, -0.1) is 0 Å². The number of ether oxygens (including phenoxy) is 1. The highest BCUT2D eigenvalue weighted by Crippen LogP contribution is 2.32. The predicted molar refractivity (Wildman–Crippen MR) is 92.0 cm³/mol. The summed E-state index contributed by atoms with van der Waals surface area (Å²) in [7, 11) is 1.67. The SMILES string of the molecule is COCCN1C[C@H]2CC[C@@H]1CN(C(=O)c1cc(C(F)(F)F)ccc1C)C2. The number of aryl methyl sites for hydroxylation is 1. The number of fused-ring (bicyclic) bond motifs is 4. The molecule has 7 heteroatoms. The monoisotopic (exact) mass is 370 g/mol. The van der Waals surface area contributed by atoms with E-state index in [0.717, 1.165) is 38.1 Å². The number of rotatable bonds is 4. The molecule has 3 aliphatic heterocycles. The fourth-order valence-corrected chi connectivity index (χ4v) is 4.03. The van der Waals surface area contributed by atoms with Crippen molar-refractivity contribution >= 4 is 5.91 Å². The second-order valence-corrected chi connectivity index (χ2v) is 7.32. The first kappa shape index (κ1) is 19.2. The maximum atomic E-state index is 13.0. The van der Waals surface area contributed by atoms with Crippen molar-refractivity contribution in [2.75, 3.05) is 39.9 Å². The maximum Gasteiger partial charge on any atom is 0.416 e. The van der Waals surface area contributed by atoms with Crippen LogP contribution in [0.1, 0.15) is 34.3 Å². The summed E-state index contributed by atoms with van der Waals surface area (Å²) in [6.45, 7) is 5.24. The zero-order valence-electron chi connectivity index (χ0n) is 15.2. The van der Waals surface area contributed by atoms with Gasteiger partial charge in [0.15, 0.2) is 0 Å². The van der Waals surface area contributed by atoms with Crippen molar-refractivity contribution in [2.45, 2.75) is 32.0 Å². The zero-order chi connectivity index (χ0) is 18.9. The Kier molecular flexibility index (Phi) is 5.58. The molecule has 4 rings (SSSR count). The van der Waals surface area contributed by atoms with E-state index in [1.54, 1.807) is 18.9 Å². The first-order valence-corrected chi connectivity index (χ1v) is 8.99. The molecule has 144 valence electrons. The van der Waals surface area contributed by atoms with Crippen molar-refractivity contribution in [1.29, 1.82) is 0 Å². The molecule has 0 N–H and O–H groups in total. The third-order valence-electron chi connectivity index (χ3n) is 5.49. The van der Waals surface area contributed by atoms with E-state index in [1.165, 1.54) is 6.07 Å². The maximum absolute atomic E-state index is 13.0. The molecule has 26 heavy (non-hydrogen) atoms. The molecule has 3 aliphatic rings. The van der Waals surface area contributed by atoms with Crippen LogP contribution in [0.5, 0.6) is 0 Å². The molecular weight excluding hydrogens is 345 g/mol. The van der Waals surface area contributed by atoms with Gasteiger partial charge in [0.05, 0.1) is 12.2 Å². The summed E-state index contributed by atoms with van der Waals surface area (Å²) in [6.07, 6.45) is -2.38. The van der Waals surface area contributed by atoms with Crippen molar-refractivity contribution < 1.29 is 22.7 Å². The van der Waals surface area contributed by atoms with Gasteiger partial charge in [-0.1, -0.05) is 6.07 Å². The Labute approximate surface area is 151 Å². The van der Waals surface area contributed by atoms with Gasteiger partial charge in [-0.25, -0.2) is 0 Å². The van der Waals surface area contributed by atoms with Crippen molar-refractivity contribution in [2.24, 2.45) is 5.92 Å². The van der Waals surface area contributed by atoms with Crippen LogP contribution >= 0.6 is 0 Å². The lowest BCUT2D eigenvalue weighted by molar-refractivity contribution is -0.137. The lowest BCUT2D eigenvalue weighted by Crippen LogP contribution is -2.45. The molecule has 3 saturated heterocycles. The highest BCUT2D eigenvalue weighted by Gasteiger charge is 2.37. The molecule has 3 fully saturated rings. The van der Waals surface area contributed by atoms with Gasteiger partial charge >= 0.3 is 6.18 Å². The van der Waals surface area contributed by atoms with E-state index in [-0.39, 0.29) is 17.5 Å². The van der Waals surface area contributed by atoms with Gasteiger partial charge in [-0.2, -0.15) is 13.2 Å². The van der Waals surface area contributed by atoms with Crippen LogP contribution in [0.4, 0.5) is 13.2 Å². The number of halogens is 3. The van der Waals surface area contributed by atoms with Crippen molar-refractivity contribution in [3.8, 4) is 0 Å². The molecule has 4 nitrogen and oxygen atoms in total. The molecule has 1 aromatic carbocycles. The number of nitrogens with zero attached hydrogens (tertiary/aromatic N) is 2. The quantitative estimate of drug-likeness (QED) is 0.816. The molecule has 2 bridgehead atoms. The Morgan fingerprint density at radius 2 is 2.00 bits per heavy atom. The average molecular weight is 370 g/mol. The zero-order valence-corrected chi connectivity index (χ0v) is 15.2. The summed E-state index contributed by atoms with van der Waals surface area (Å²) in [5, 5.41) is 0. The minimum atomic E-state index is -4.45. The van der Waals surface area contributed by atoms with E-state index in [2.05, 4.69) is 4.90 Å². The summed E-state index contributed by atoms with van der Waals surface area (Å²) >= 11 is 0. The Bertz CT molecular complexity index is 663. The lowest BCUT2D eigenvalue weighted by Gasteiger charge is -2.35. The first-order valence-electron chi connectivity index (χ1n) is 8.99. The molecule has 1 aromatic rings. The second kappa shape index (κ2) is 7.56. The number of piperidine rings is 1. The van der Waals surface area contributed by atoms with Crippen LogP contribution in [-0.2, 0) is 10.9 Å². The number of hydrogen-bond acceptors (Lipinski definition) is 3. The van der Waals surface area contributed by atoms with Crippen LogP contribution in [0.3, 0.4) is 0 Å². The molecule has 0 aromatic heterocycles. The summed E-state index contributed by atoms with van der Waals surface area (Å²) in [5.41, 5.74) is -0.0358. The molecule has 0 saturated carbocycles. The molecule has 3 heterocycles. The summed E-state index contributed by atoms with van der Waals surface area (Å²) in [4.78, 5) is 17.1. The second-order valence-electron chi connectivity index (χ2n) is 7.32. The normalized spacial score (nSPS) is 24.0. The van der Waals surface area contributed by atoms with Crippen molar-refractivity contribution in [1.82, 2.24) is 9.80 Å². The van der Waals surface area contributed by atoms with E-state index in [4.69, 9.17) is 4.74 Å². The molecule has 2 atom stereocenters. The van der Waals surface area contributed by atoms with E-state index in [9.17, 15) is 18.0 Å². The third-order valence-corrected chi connectivity index (χ3v) is 5.49. The fourth-order valence-electron chi connectivity index (χ4n) is 4.03. The molecule has 0 unspecified atom stereocenters. The number of hydrogen-bond donors (Lipinski definition) is 0. The Morgan fingerprint density at radius 1 is 1.23 bits per heavy atom. The Balaban J connectivity index is 1.80. The van der Waals surface area contributed by atoms with Gasteiger partial charge in [0.2, 0.25) is 0 Å². The van der Waals surface area contributed by atoms with Gasteiger partial charge in [-0.05, 0) is 43.4 Å². The summed E-state index contributed by atoms with van der Waals surface area (Å²) in [5.74, 6) is 0.0692. The van der Waals surface area contributed by atoms with Crippen LogP contribution in [-0.4, -0.2) is 61.6 Å². The topological polar surface area (TPSA) is 32.8 Å². The van der Waals surface area contributed by atoms with E-state index in [1.807, 2.05) is 0 Å². The van der Waals surface area contributed by atoms with Crippen LogP contribution in [0.25, 0.3) is 0 Å². The number of carbonyl (C=O) groups is 1. The van der Waals surface area contributed by atoms with Crippen molar-refractivity contribution in [3.05, 3.63) is 34.9 Å². The molecule has 0 spiro atoms. The smallest absolute Gasteiger partial charge is 0.383 e. The van der Waals surface area contributed by atoms with Gasteiger partial charge in [0.25, 0.3) is 5.91 Å². The lowest BCUT2D eigenvalue weighted by atomic mass is 9.95. The highest BCUT2D eigenvalue weighted by atomic mass is 19.4. The van der Waals surface area contributed by atoms with Crippen LogP contribution in [0.15, 0.2) is 18.2 Å². The van der Waals surface area contributed by atoms with Crippen molar-refractivity contribution in [3.63, 3.8) is 0 Å². The minimum Gasteiger partial charge on any atom is -0.383 e. The van der Waals surface area contributed by atoms with E-state index in [0.29, 0.717) is 31.2 Å². The van der Waals surface area contributed by atoms with Crippen LogP contribution in [0.2, 0.25) is 0 Å². The number of carbonyl (C=O) groups excluding carboxylic acids is 1. The van der Waals surface area contributed by atoms with E-state index < -0.39 is 11.7 Å². The third kappa shape index (κ3) is 4.04. The van der Waals surface area contributed by atoms with Gasteiger partial charge in [0, 0.05) is 44.9 Å². The number of amides is 1. The molecular formula is C19H25F3N2O2. The van der Waals surface area contributed by atoms with Crippen LogP contribution in [0, 0.1) is 12.8 Å². The van der Waals surface area contributed by atoms with E-state index >= 15 is 0 Å². The fraction of sp³-hybridized carbons (Fsp3) is 0.632. The summed E-state index contributed by atoms with van der Waals surface area (Å²) in [6, 6.07) is 3.66. The minimum absolute atomic E-state index is 0.157. The number of alkyl halides is 3. The molecule has 0 radical (unpaired) electrons. The molecule has 0 aliphatic carbocycles. The number of methoxy groups -OCH3 is 1. The van der Waals surface area contributed by atoms with Gasteiger partial charge < -0.3 is 9.64 Å². The molecule has 1 amide bonds. The average Bonchev–Trinajstić information content (AvgIpc) is 2.90. The van der Waals surface area contributed by atoms with Gasteiger partial charge in [-0.3, -0.25) is 9.69 Å². The predicted octanol–water partition coefficient (Wildman–Crippen LogP) is 3.20. The van der Waals surface area contributed by atoms with Gasteiger partial charge in [0.1, 0.15) is 0 Å². The number of benzene rings is 1. The largest absolute Gasteiger partial charge is 0.416 e. The summed E-state index contributed by atoms with van der Waals surface area (Å²) < 4.78 is 44.3. The Morgan fingerprint density at radius 3 is 2.69 bits per heavy atom. The van der Waals surface area contributed by atoms with Crippen LogP contribution < -0.4 is 0 Å². The standard InChI is InChI=1S/C19H25F3N2O2/c1-13-3-5-15(19(20,21)22)9-17(13)18(25)24-11-14-4-6-16(12-24)23(10-14)7-8-26-2/h3,5,9,14,16H,4,6-8,10-12H2,1-2H3/t14-,16-/m1/s1. The first-order chi connectivity index (χ1) is 12.3.